The van der Waals surface area contributed by atoms with E-state index >= 15 is 0 Å². The molecule has 2 rings (SSSR count). The van der Waals surface area contributed by atoms with Crippen molar-refractivity contribution >= 4 is 5.91 Å². The fourth-order valence-electron chi connectivity index (χ4n) is 2.06. The summed E-state index contributed by atoms with van der Waals surface area (Å²) in [6, 6.07) is 10.5. The monoisotopic (exact) mass is 248 g/mol. The molecule has 1 fully saturated rings. The second-order valence-electron chi connectivity index (χ2n) is 4.27. The number of rotatable bonds is 2. The summed E-state index contributed by atoms with van der Waals surface area (Å²) >= 11 is 0. The lowest BCUT2D eigenvalue weighted by Gasteiger charge is -2.34. The summed E-state index contributed by atoms with van der Waals surface area (Å²) in [6.07, 6.45) is 0. The van der Waals surface area contributed by atoms with Crippen LogP contribution in [0.1, 0.15) is 26.3 Å². The van der Waals surface area contributed by atoms with Gasteiger partial charge in [0, 0.05) is 39.6 Å². The van der Waals surface area contributed by atoms with Gasteiger partial charge in [-0.2, -0.15) is 0 Å². The van der Waals surface area contributed by atoms with Crippen LogP contribution in [0.15, 0.2) is 30.3 Å². The maximum atomic E-state index is 11.2. The molecule has 0 radical (unpaired) electrons. The molecule has 0 spiro atoms. The van der Waals surface area contributed by atoms with E-state index in [2.05, 4.69) is 29.2 Å². The van der Waals surface area contributed by atoms with Gasteiger partial charge in [0.05, 0.1) is 0 Å². The Balaban J connectivity index is 0.000000771. The van der Waals surface area contributed by atoms with Gasteiger partial charge in [0.15, 0.2) is 0 Å². The van der Waals surface area contributed by atoms with Crippen molar-refractivity contribution in [2.75, 3.05) is 26.2 Å². The highest BCUT2D eigenvalue weighted by atomic mass is 16.2. The van der Waals surface area contributed by atoms with Gasteiger partial charge >= 0.3 is 0 Å². The number of nitrogens with zero attached hydrogens (tertiary/aromatic N) is 2. The maximum absolute atomic E-state index is 11.2. The number of carbonyl (C=O) groups excluding carboxylic acids is 1. The zero-order valence-electron chi connectivity index (χ0n) is 11.7. The Kier molecular flexibility index (Phi) is 6.44. The third kappa shape index (κ3) is 4.49. The summed E-state index contributed by atoms with van der Waals surface area (Å²) in [7, 11) is 0. The van der Waals surface area contributed by atoms with Gasteiger partial charge in [0.2, 0.25) is 5.91 Å². The Labute approximate surface area is 110 Å². The highest BCUT2D eigenvalue weighted by Gasteiger charge is 2.18. The highest BCUT2D eigenvalue weighted by molar-refractivity contribution is 5.73. The minimum Gasteiger partial charge on any atom is -0.340 e. The summed E-state index contributed by atoms with van der Waals surface area (Å²) in [5, 5.41) is 0. The van der Waals surface area contributed by atoms with Gasteiger partial charge in [-0.3, -0.25) is 9.69 Å². The third-order valence-corrected chi connectivity index (χ3v) is 3.07. The lowest BCUT2D eigenvalue weighted by Crippen LogP contribution is -2.47. The lowest BCUT2D eigenvalue weighted by atomic mass is 10.2. The van der Waals surface area contributed by atoms with Crippen LogP contribution in [0.5, 0.6) is 0 Å². The maximum Gasteiger partial charge on any atom is 0.219 e. The van der Waals surface area contributed by atoms with Gasteiger partial charge < -0.3 is 4.90 Å². The van der Waals surface area contributed by atoms with Crippen molar-refractivity contribution in [1.82, 2.24) is 9.80 Å². The lowest BCUT2D eigenvalue weighted by molar-refractivity contribution is -0.130. The molecule has 0 saturated carbocycles. The second kappa shape index (κ2) is 7.88. The fourth-order valence-corrected chi connectivity index (χ4v) is 2.06. The Morgan fingerprint density at radius 2 is 1.61 bits per heavy atom. The molecule has 18 heavy (non-hydrogen) atoms. The molecule has 1 heterocycles. The van der Waals surface area contributed by atoms with Gasteiger partial charge in [-0.25, -0.2) is 0 Å². The first kappa shape index (κ1) is 14.7. The van der Waals surface area contributed by atoms with Crippen LogP contribution in [0.25, 0.3) is 0 Å². The minimum absolute atomic E-state index is 0.194. The number of hydrogen-bond acceptors (Lipinski definition) is 2. The molecule has 1 aromatic carbocycles. The van der Waals surface area contributed by atoms with Gasteiger partial charge in [-0.05, 0) is 5.56 Å². The van der Waals surface area contributed by atoms with Crippen molar-refractivity contribution in [3.63, 3.8) is 0 Å². The largest absolute Gasteiger partial charge is 0.340 e. The van der Waals surface area contributed by atoms with Gasteiger partial charge in [0.1, 0.15) is 0 Å². The third-order valence-electron chi connectivity index (χ3n) is 3.07. The van der Waals surface area contributed by atoms with Crippen LogP contribution in [0.2, 0.25) is 0 Å². The van der Waals surface area contributed by atoms with Gasteiger partial charge in [-0.15, -0.1) is 0 Å². The van der Waals surface area contributed by atoms with E-state index in [1.807, 2.05) is 24.8 Å². The first-order valence-corrected chi connectivity index (χ1v) is 6.77. The molecule has 0 bridgehead atoms. The number of piperazine rings is 1. The van der Waals surface area contributed by atoms with Gasteiger partial charge in [0.25, 0.3) is 0 Å². The SMILES string of the molecule is CC.CC(=O)N1CCN(Cc2ccccc2)CC1. The van der Waals surface area contributed by atoms with E-state index in [-0.39, 0.29) is 5.91 Å². The van der Waals surface area contributed by atoms with Crippen LogP contribution in [0, 0.1) is 0 Å². The van der Waals surface area contributed by atoms with E-state index in [0.29, 0.717) is 0 Å². The average Bonchev–Trinajstić information content (AvgIpc) is 2.43. The average molecular weight is 248 g/mol. The summed E-state index contributed by atoms with van der Waals surface area (Å²) in [5.41, 5.74) is 1.35. The van der Waals surface area contributed by atoms with Crippen molar-refractivity contribution < 1.29 is 4.79 Å². The Morgan fingerprint density at radius 3 is 2.11 bits per heavy atom. The molecule has 0 unspecified atom stereocenters. The van der Waals surface area contributed by atoms with E-state index in [4.69, 9.17) is 0 Å². The molecule has 0 aromatic heterocycles. The van der Waals surface area contributed by atoms with E-state index in [0.717, 1.165) is 32.7 Å². The van der Waals surface area contributed by atoms with Crippen molar-refractivity contribution in [1.29, 1.82) is 0 Å². The molecule has 100 valence electrons. The Bertz CT molecular complexity index is 343. The number of carbonyl (C=O) groups is 1. The second-order valence-corrected chi connectivity index (χ2v) is 4.27. The first-order chi connectivity index (χ1) is 8.75. The summed E-state index contributed by atoms with van der Waals surface area (Å²) in [5.74, 6) is 0.194. The summed E-state index contributed by atoms with van der Waals surface area (Å²) in [4.78, 5) is 15.5. The van der Waals surface area contributed by atoms with E-state index in [9.17, 15) is 4.79 Å². The molecule has 0 atom stereocenters. The smallest absolute Gasteiger partial charge is 0.219 e. The Morgan fingerprint density at radius 1 is 1.06 bits per heavy atom. The van der Waals surface area contributed by atoms with Crippen LogP contribution in [0.4, 0.5) is 0 Å². The predicted octanol–water partition coefficient (Wildman–Crippen LogP) is 2.38. The normalized spacial score (nSPS) is 15.8. The summed E-state index contributed by atoms with van der Waals surface area (Å²) in [6.45, 7) is 10.3. The van der Waals surface area contributed by atoms with Crippen LogP contribution >= 0.6 is 0 Å². The number of benzene rings is 1. The number of amides is 1. The van der Waals surface area contributed by atoms with Crippen LogP contribution in [0.3, 0.4) is 0 Å². The first-order valence-electron chi connectivity index (χ1n) is 6.77. The number of hydrogen-bond donors (Lipinski definition) is 0. The van der Waals surface area contributed by atoms with Crippen molar-refractivity contribution in [2.45, 2.75) is 27.3 Å². The van der Waals surface area contributed by atoms with Crippen LogP contribution < -0.4 is 0 Å². The van der Waals surface area contributed by atoms with Gasteiger partial charge in [-0.1, -0.05) is 44.2 Å². The van der Waals surface area contributed by atoms with E-state index in [1.54, 1.807) is 6.92 Å². The molecule has 0 aliphatic carbocycles. The van der Waals surface area contributed by atoms with E-state index < -0.39 is 0 Å². The molecule has 1 aliphatic rings. The molecular formula is C15H24N2O. The van der Waals surface area contributed by atoms with Crippen molar-refractivity contribution in [2.24, 2.45) is 0 Å². The van der Waals surface area contributed by atoms with Crippen LogP contribution in [-0.2, 0) is 11.3 Å². The van der Waals surface area contributed by atoms with E-state index in [1.165, 1.54) is 5.56 Å². The molecule has 3 nitrogen and oxygen atoms in total. The quantitative estimate of drug-likeness (QED) is 0.802. The van der Waals surface area contributed by atoms with Crippen molar-refractivity contribution in [3.8, 4) is 0 Å². The molecular weight excluding hydrogens is 224 g/mol. The standard InChI is InChI=1S/C13H18N2O.C2H6/c1-12(16)15-9-7-14(8-10-15)11-13-5-3-2-4-6-13;1-2/h2-6H,7-11H2,1H3;1-2H3. The molecule has 0 N–H and O–H groups in total. The zero-order valence-corrected chi connectivity index (χ0v) is 11.7. The molecule has 1 saturated heterocycles. The molecule has 3 heteroatoms. The Hall–Kier alpha value is -1.35. The van der Waals surface area contributed by atoms with Crippen molar-refractivity contribution in [3.05, 3.63) is 35.9 Å². The molecule has 1 aliphatic heterocycles. The fraction of sp³-hybridized carbons (Fsp3) is 0.533. The highest BCUT2D eigenvalue weighted by Crippen LogP contribution is 2.08. The van der Waals surface area contributed by atoms with Crippen LogP contribution in [-0.4, -0.2) is 41.9 Å². The summed E-state index contributed by atoms with van der Waals surface area (Å²) < 4.78 is 0. The molecule has 1 amide bonds. The molecule has 1 aromatic rings. The predicted molar refractivity (Wildman–Crippen MR) is 75.3 cm³/mol. The zero-order chi connectivity index (χ0) is 13.4. The topological polar surface area (TPSA) is 23.6 Å². The minimum atomic E-state index is 0.194.